The fourth-order valence-electron chi connectivity index (χ4n) is 1.74. The maximum Gasteiger partial charge on any atom is 0.471 e. The van der Waals surface area contributed by atoms with Crippen LogP contribution in [0.2, 0.25) is 0 Å². The van der Waals surface area contributed by atoms with Crippen LogP contribution >= 0.6 is 0 Å². The highest BCUT2D eigenvalue weighted by Crippen LogP contribution is 2.13. The van der Waals surface area contributed by atoms with Crippen LogP contribution in [0.15, 0.2) is 30.3 Å². The van der Waals surface area contributed by atoms with Crippen LogP contribution < -0.4 is 10.6 Å². The maximum absolute atomic E-state index is 11.5. The number of nitrogens with one attached hydrogen (secondary N) is 2. The van der Waals surface area contributed by atoms with Crippen LogP contribution in [0.5, 0.6) is 0 Å². The third kappa shape index (κ3) is 14.0. The van der Waals surface area contributed by atoms with E-state index < -0.39 is 18.1 Å². The third-order valence-electron chi connectivity index (χ3n) is 3.01. The molecule has 0 aliphatic heterocycles. The number of halogens is 3. The molecule has 1 amide bonds. The molecule has 25 heavy (non-hydrogen) atoms. The molecule has 0 saturated carbocycles. The van der Waals surface area contributed by atoms with Crippen LogP contribution in [0.3, 0.4) is 0 Å². The number of carboxylic acid groups (broad SMARTS) is 1. The monoisotopic (exact) mass is 362 g/mol. The molecule has 142 valence electrons. The van der Waals surface area contributed by atoms with Crippen molar-refractivity contribution in [1.29, 1.82) is 0 Å². The lowest BCUT2D eigenvalue weighted by atomic mass is 10.1. The fourth-order valence-corrected chi connectivity index (χ4v) is 1.74. The first-order chi connectivity index (χ1) is 11.8. The SMILES string of the molecule is CCCCNC(=O)C(F)(F)F.O=C(O)CNCCCc1ccccc1. The van der Waals surface area contributed by atoms with Crippen molar-refractivity contribution >= 4 is 11.9 Å². The molecule has 0 bridgehead atoms. The van der Waals surface area contributed by atoms with Crippen molar-refractivity contribution in [2.75, 3.05) is 19.6 Å². The summed E-state index contributed by atoms with van der Waals surface area (Å²) in [5.41, 5.74) is 1.30. The van der Waals surface area contributed by atoms with Crippen molar-refractivity contribution in [3.63, 3.8) is 0 Å². The fraction of sp³-hybridized carbons (Fsp3) is 0.529. The Labute approximate surface area is 145 Å². The summed E-state index contributed by atoms with van der Waals surface area (Å²) in [5.74, 6) is -2.66. The van der Waals surface area contributed by atoms with E-state index in [0.717, 1.165) is 25.8 Å². The lowest BCUT2D eigenvalue weighted by Crippen LogP contribution is -2.37. The van der Waals surface area contributed by atoms with Gasteiger partial charge in [-0.2, -0.15) is 13.2 Å². The smallest absolute Gasteiger partial charge is 0.471 e. The molecule has 0 radical (unpaired) electrons. The van der Waals surface area contributed by atoms with E-state index in [9.17, 15) is 22.8 Å². The summed E-state index contributed by atoms with van der Waals surface area (Å²) in [4.78, 5) is 20.3. The Kier molecular flexibility index (Phi) is 12.1. The molecule has 3 N–H and O–H groups in total. The summed E-state index contributed by atoms with van der Waals surface area (Å²) in [7, 11) is 0. The molecular formula is C17H25F3N2O3. The van der Waals surface area contributed by atoms with Gasteiger partial charge in [-0.15, -0.1) is 0 Å². The second-order valence-corrected chi connectivity index (χ2v) is 5.27. The molecule has 0 spiro atoms. The first kappa shape index (κ1) is 22.9. The first-order valence-corrected chi connectivity index (χ1v) is 8.08. The third-order valence-corrected chi connectivity index (χ3v) is 3.01. The van der Waals surface area contributed by atoms with Crippen LogP contribution in [-0.4, -0.2) is 42.8 Å². The Morgan fingerprint density at radius 1 is 1.08 bits per heavy atom. The van der Waals surface area contributed by atoms with Gasteiger partial charge >= 0.3 is 18.1 Å². The molecular weight excluding hydrogens is 337 g/mol. The van der Waals surface area contributed by atoms with E-state index in [1.54, 1.807) is 5.32 Å². The summed E-state index contributed by atoms with van der Waals surface area (Å²) in [6.07, 6.45) is -1.45. The van der Waals surface area contributed by atoms with Crippen LogP contribution in [0.1, 0.15) is 31.7 Å². The molecule has 0 saturated heterocycles. The largest absolute Gasteiger partial charge is 0.480 e. The highest BCUT2D eigenvalue weighted by atomic mass is 19.4. The number of unbranched alkanes of at least 4 members (excludes halogenated alkanes) is 1. The molecule has 8 heteroatoms. The average Bonchev–Trinajstić information content (AvgIpc) is 2.55. The van der Waals surface area contributed by atoms with Gasteiger partial charge in [0.1, 0.15) is 0 Å². The Bertz CT molecular complexity index is 494. The molecule has 1 aromatic rings. The van der Waals surface area contributed by atoms with Crippen LogP contribution in [-0.2, 0) is 16.0 Å². The summed E-state index contributed by atoms with van der Waals surface area (Å²) in [5, 5.41) is 13.0. The zero-order chi connectivity index (χ0) is 19.1. The van der Waals surface area contributed by atoms with Crippen molar-refractivity contribution in [2.45, 2.75) is 38.8 Å². The van der Waals surface area contributed by atoms with Gasteiger partial charge in [0.2, 0.25) is 0 Å². The zero-order valence-electron chi connectivity index (χ0n) is 14.2. The number of carbonyl (C=O) groups excluding carboxylic acids is 1. The molecule has 0 heterocycles. The topological polar surface area (TPSA) is 78.4 Å². The van der Waals surface area contributed by atoms with Gasteiger partial charge in [-0.1, -0.05) is 43.7 Å². The van der Waals surface area contributed by atoms with Crippen molar-refractivity contribution in [3.05, 3.63) is 35.9 Å². The second kappa shape index (κ2) is 13.2. The van der Waals surface area contributed by atoms with Gasteiger partial charge in [0.25, 0.3) is 0 Å². The molecule has 0 aromatic heterocycles. The van der Waals surface area contributed by atoms with E-state index >= 15 is 0 Å². The number of alkyl halides is 3. The van der Waals surface area contributed by atoms with Crippen LogP contribution in [0.25, 0.3) is 0 Å². The number of hydrogen-bond acceptors (Lipinski definition) is 3. The minimum absolute atomic E-state index is 0.0504. The maximum atomic E-state index is 11.5. The lowest BCUT2D eigenvalue weighted by molar-refractivity contribution is -0.173. The van der Waals surface area contributed by atoms with Gasteiger partial charge in [-0.05, 0) is 31.4 Å². The Morgan fingerprint density at radius 3 is 2.24 bits per heavy atom. The number of benzene rings is 1. The van der Waals surface area contributed by atoms with E-state index in [1.165, 1.54) is 5.56 Å². The number of aliphatic carboxylic acids is 1. The van der Waals surface area contributed by atoms with Crippen molar-refractivity contribution in [2.24, 2.45) is 0 Å². The Morgan fingerprint density at radius 2 is 1.72 bits per heavy atom. The molecule has 0 fully saturated rings. The Balaban J connectivity index is 0.000000477. The molecule has 0 unspecified atom stereocenters. The number of carbonyl (C=O) groups is 2. The Hall–Kier alpha value is -2.09. The number of aryl methyl sites for hydroxylation is 1. The number of hydrogen-bond donors (Lipinski definition) is 3. The highest BCUT2D eigenvalue weighted by molar-refractivity contribution is 5.81. The van der Waals surface area contributed by atoms with Gasteiger partial charge in [0.15, 0.2) is 0 Å². The first-order valence-electron chi connectivity index (χ1n) is 8.08. The molecule has 1 aromatic carbocycles. The number of carboxylic acids is 1. The standard InChI is InChI=1S/C11H15NO2.C6H10F3NO/c13-11(14)9-12-8-4-7-10-5-2-1-3-6-10;1-2-3-4-10-5(11)6(7,8)9/h1-3,5-6,12H,4,7-9H2,(H,13,14);2-4H2,1H3,(H,10,11). The van der Waals surface area contributed by atoms with E-state index in [4.69, 9.17) is 5.11 Å². The minimum atomic E-state index is -4.74. The normalized spacial score (nSPS) is 10.6. The summed E-state index contributed by atoms with van der Waals surface area (Å²) >= 11 is 0. The van der Waals surface area contributed by atoms with Crippen molar-refractivity contribution < 1.29 is 27.9 Å². The van der Waals surface area contributed by atoms with Gasteiger partial charge in [0, 0.05) is 6.54 Å². The highest BCUT2D eigenvalue weighted by Gasteiger charge is 2.37. The second-order valence-electron chi connectivity index (χ2n) is 5.27. The zero-order valence-corrected chi connectivity index (χ0v) is 14.2. The van der Waals surface area contributed by atoms with E-state index in [2.05, 4.69) is 17.4 Å². The van der Waals surface area contributed by atoms with Crippen molar-refractivity contribution in [3.8, 4) is 0 Å². The number of amides is 1. The minimum Gasteiger partial charge on any atom is -0.480 e. The van der Waals surface area contributed by atoms with Crippen molar-refractivity contribution in [1.82, 2.24) is 10.6 Å². The van der Waals surface area contributed by atoms with E-state index in [0.29, 0.717) is 6.42 Å². The average molecular weight is 362 g/mol. The number of rotatable bonds is 9. The predicted molar refractivity (Wildman–Crippen MR) is 89.2 cm³/mol. The van der Waals surface area contributed by atoms with Crippen LogP contribution in [0.4, 0.5) is 13.2 Å². The van der Waals surface area contributed by atoms with Gasteiger partial charge in [0.05, 0.1) is 6.54 Å². The summed E-state index contributed by atoms with van der Waals surface area (Å²) in [6.45, 7) is 2.73. The van der Waals surface area contributed by atoms with Gasteiger partial charge in [-0.3, -0.25) is 9.59 Å². The van der Waals surface area contributed by atoms with Gasteiger partial charge < -0.3 is 15.7 Å². The van der Waals surface area contributed by atoms with E-state index in [-0.39, 0.29) is 13.1 Å². The molecule has 0 aliphatic rings. The summed E-state index contributed by atoms with van der Waals surface area (Å²) in [6, 6.07) is 10.2. The predicted octanol–water partition coefficient (Wildman–Crippen LogP) is 2.76. The molecule has 0 aliphatic carbocycles. The van der Waals surface area contributed by atoms with Gasteiger partial charge in [-0.25, -0.2) is 0 Å². The van der Waals surface area contributed by atoms with E-state index in [1.807, 2.05) is 25.1 Å². The molecule has 5 nitrogen and oxygen atoms in total. The molecule has 0 atom stereocenters. The quantitative estimate of drug-likeness (QED) is 0.590. The lowest BCUT2D eigenvalue weighted by Gasteiger charge is -2.06. The summed E-state index contributed by atoms with van der Waals surface area (Å²) < 4.78 is 34.4. The van der Waals surface area contributed by atoms with Crippen LogP contribution in [0, 0.1) is 0 Å². The molecule has 1 rings (SSSR count).